The molecule has 7 nitrogen and oxygen atoms in total. The molecule has 162 valence electrons. The molecule has 1 aromatic carbocycles. The number of benzene rings is 1. The molecule has 0 bridgehead atoms. The van der Waals surface area contributed by atoms with Gasteiger partial charge in [0.15, 0.2) is 0 Å². The third-order valence-corrected chi connectivity index (χ3v) is 5.97. The van der Waals surface area contributed by atoms with Crippen LogP contribution in [-0.4, -0.2) is 38.6 Å². The number of hydrogen-bond acceptors (Lipinski definition) is 5. The zero-order chi connectivity index (χ0) is 22.4. The van der Waals surface area contributed by atoms with Gasteiger partial charge < -0.3 is 15.7 Å². The Morgan fingerprint density at radius 3 is 2.52 bits per heavy atom. The molecule has 31 heavy (non-hydrogen) atoms. The molecule has 1 aliphatic heterocycles. The minimum absolute atomic E-state index is 0.184. The van der Waals surface area contributed by atoms with Crippen LogP contribution in [0.1, 0.15) is 18.5 Å². The topological polar surface area (TPSA) is 96.2 Å². The minimum Gasteiger partial charge on any atom is -0.363 e. The first-order valence-corrected chi connectivity index (χ1v) is 10.1. The maximum Gasteiger partial charge on any atom is 0.437 e. The first kappa shape index (κ1) is 21.1. The van der Waals surface area contributed by atoms with E-state index in [1.54, 1.807) is 47.8 Å². The fraction of sp³-hybridized carbons (Fsp3) is 0.250. The number of halogens is 3. The van der Waals surface area contributed by atoms with E-state index in [9.17, 15) is 27.9 Å². The van der Waals surface area contributed by atoms with Crippen molar-refractivity contribution >= 4 is 23.2 Å². The van der Waals surface area contributed by atoms with Gasteiger partial charge in [0.05, 0.1) is 22.5 Å². The number of urea groups is 1. The van der Waals surface area contributed by atoms with Crippen molar-refractivity contribution < 1.29 is 27.9 Å². The summed E-state index contributed by atoms with van der Waals surface area (Å²) in [7, 11) is 0. The van der Waals surface area contributed by atoms with Crippen molar-refractivity contribution in [3.05, 3.63) is 59.6 Å². The van der Waals surface area contributed by atoms with Crippen LogP contribution >= 0.6 is 11.3 Å². The molecule has 0 unspecified atom stereocenters. The highest BCUT2D eigenvalue weighted by molar-refractivity contribution is 7.13. The van der Waals surface area contributed by atoms with Crippen LogP contribution in [0.2, 0.25) is 0 Å². The molecule has 3 N–H and O–H groups in total. The number of alkyl halides is 3. The smallest absolute Gasteiger partial charge is 0.363 e. The van der Waals surface area contributed by atoms with Crippen molar-refractivity contribution in [2.75, 3.05) is 0 Å². The standard InChI is InChI=1S/C20H17F3N4O3S/c1-11(28)15-17(24-18(29)25-19(15,30)20(21,22)23)13-10-27(12-6-3-2-4-7-12)26-16(13)14-8-5-9-31-14/h2-10,15,17,30H,1H3,(H2,24,25,29)/t15-,17-,19+/m1/s1. The van der Waals surface area contributed by atoms with Crippen LogP contribution in [0.25, 0.3) is 16.3 Å². The largest absolute Gasteiger partial charge is 0.437 e. The van der Waals surface area contributed by atoms with E-state index in [1.807, 2.05) is 0 Å². The number of carbonyl (C=O) groups excluding carboxylic acids is 2. The molecule has 3 atom stereocenters. The van der Waals surface area contributed by atoms with Crippen LogP contribution in [-0.2, 0) is 4.79 Å². The molecule has 3 aromatic rings. The summed E-state index contributed by atoms with van der Waals surface area (Å²) in [6.45, 7) is 0.944. The highest BCUT2D eigenvalue weighted by Gasteiger charge is 2.66. The fourth-order valence-corrected chi connectivity index (χ4v) is 4.45. The third kappa shape index (κ3) is 3.59. The number of rotatable bonds is 4. The quantitative estimate of drug-likeness (QED) is 0.568. The Hall–Kier alpha value is -3.18. The zero-order valence-electron chi connectivity index (χ0n) is 16.1. The highest BCUT2D eigenvalue weighted by Crippen LogP contribution is 2.45. The molecule has 3 heterocycles. The summed E-state index contributed by atoms with van der Waals surface area (Å²) in [5, 5.41) is 20.6. The van der Waals surface area contributed by atoms with Gasteiger partial charge in [0.2, 0.25) is 5.72 Å². The van der Waals surface area contributed by atoms with Crippen LogP contribution in [0.15, 0.2) is 54.0 Å². The number of nitrogens with zero attached hydrogens (tertiary/aromatic N) is 2. The van der Waals surface area contributed by atoms with E-state index in [0.717, 1.165) is 6.92 Å². The Morgan fingerprint density at radius 1 is 1.23 bits per heavy atom. The SMILES string of the molecule is CC(=O)[C@@H]1[C@@H](c2cn(-c3ccccc3)nc2-c2cccs2)NC(=O)N[C@@]1(O)C(F)(F)F. The molecule has 0 spiro atoms. The summed E-state index contributed by atoms with van der Waals surface area (Å²) >= 11 is 1.30. The Balaban J connectivity index is 1.91. The number of Topliss-reactive ketones (excluding diaryl/α,β-unsaturated/α-hetero) is 1. The lowest BCUT2D eigenvalue weighted by molar-refractivity contribution is -0.290. The van der Waals surface area contributed by atoms with Gasteiger partial charge in [-0.05, 0) is 30.5 Å². The number of nitrogens with one attached hydrogen (secondary N) is 2. The van der Waals surface area contributed by atoms with Crippen LogP contribution in [0.3, 0.4) is 0 Å². The molecular formula is C20H17F3N4O3S. The second kappa shape index (κ2) is 7.50. The van der Waals surface area contributed by atoms with Crippen molar-refractivity contribution in [1.29, 1.82) is 0 Å². The molecule has 1 fully saturated rings. The Bertz CT molecular complexity index is 1110. The first-order chi connectivity index (χ1) is 14.6. The van der Waals surface area contributed by atoms with E-state index >= 15 is 0 Å². The van der Waals surface area contributed by atoms with E-state index in [4.69, 9.17) is 0 Å². The Labute approximate surface area is 178 Å². The van der Waals surface area contributed by atoms with Crippen LogP contribution in [0.5, 0.6) is 0 Å². The summed E-state index contributed by atoms with van der Waals surface area (Å²) in [4.78, 5) is 25.1. The molecule has 11 heteroatoms. The summed E-state index contributed by atoms with van der Waals surface area (Å²) in [6, 6.07) is 9.63. The summed E-state index contributed by atoms with van der Waals surface area (Å²) in [6.07, 6.45) is -3.81. The monoisotopic (exact) mass is 450 g/mol. The van der Waals surface area contributed by atoms with Gasteiger partial charge in [-0.15, -0.1) is 11.3 Å². The molecule has 0 saturated carbocycles. The maximum atomic E-state index is 13.8. The number of amides is 2. The van der Waals surface area contributed by atoms with Crippen LogP contribution in [0.4, 0.5) is 18.0 Å². The van der Waals surface area contributed by atoms with E-state index < -0.39 is 35.7 Å². The second-order valence-corrected chi connectivity index (χ2v) is 8.07. The molecule has 2 amide bonds. The van der Waals surface area contributed by atoms with Gasteiger partial charge in [-0.2, -0.15) is 18.3 Å². The van der Waals surface area contributed by atoms with E-state index in [1.165, 1.54) is 27.5 Å². The molecule has 4 rings (SSSR count). The molecule has 1 aliphatic rings. The number of ketones is 1. The number of thiophene rings is 1. The van der Waals surface area contributed by atoms with E-state index in [-0.39, 0.29) is 5.56 Å². The lowest BCUT2D eigenvalue weighted by Gasteiger charge is -2.44. The number of para-hydroxylation sites is 1. The van der Waals surface area contributed by atoms with Crippen molar-refractivity contribution in [3.63, 3.8) is 0 Å². The normalized spacial score (nSPS) is 23.8. The number of aromatic nitrogens is 2. The highest BCUT2D eigenvalue weighted by atomic mass is 32.1. The first-order valence-electron chi connectivity index (χ1n) is 9.19. The average Bonchev–Trinajstić information content (AvgIpc) is 3.36. The van der Waals surface area contributed by atoms with Gasteiger partial charge in [-0.25, -0.2) is 9.48 Å². The predicted octanol–water partition coefficient (Wildman–Crippen LogP) is 3.41. The lowest BCUT2D eigenvalue weighted by Crippen LogP contribution is -2.72. The Morgan fingerprint density at radius 2 is 1.94 bits per heavy atom. The second-order valence-electron chi connectivity index (χ2n) is 7.12. The van der Waals surface area contributed by atoms with Crippen molar-refractivity contribution in [2.45, 2.75) is 24.9 Å². The lowest BCUT2D eigenvalue weighted by atomic mass is 9.79. The third-order valence-electron chi connectivity index (χ3n) is 5.10. The van der Waals surface area contributed by atoms with Crippen molar-refractivity contribution in [1.82, 2.24) is 20.4 Å². The minimum atomic E-state index is -5.28. The van der Waals surface area contributed by atoms with Gasteiger partial charge in [-0.1, -0.05) is 24.3 Å². The Kier molecular flexibility index (Phi) is 5.10. The summed E-state index contributed by atoms with van der Waals surface area (Å²) in [5.41, 5.74) is -2.60. The molecule has 1 saturated heterocycles. The van der Waals surface area contributed by atoms with Crippen molar-refractivity contribution in [3.8, 4) is 16.3 Å². The number of aliphatic hydroxyl groups is 1. The van der Waals surface area contributed by atoms with Crippen LogP contribution in [0, 0.1) is 5.92 Å². The number of carbonyl (C=O) groups is 2. The molecule has 0 aliphatic carbocycles. The summed E-state index contributed by atoms with van der Waals surface area (Å²) < 4.78 is 42.8. The van der Waals surface area contributed by atoms with E-state index in [0.29, 0.717) is 16.3 Å². The fourth-order valence-electron chi connectivity index (χ4n) is 3.72. The van der Waals surface area contributed by atoms with E-state index in [2.05, 4.69) is 10.4 Å². The maximum absolute atomic E-state index is 13.8. The van der Waals surface area contributed by atoms with Gasteiger partial charge in [0.1, 0.15) is 11.5 Å². The van der Waals surface area contributed by atoms with Crippen LogP contribution < -0.4 is 10.6 Å². The predicted molar refractivity (Wildman–Crippen MR) is 106 cm³/mol. The summed E-state index contributed by atoms with van der Waals surface area (Å²) in [5.74, 6) is -2.97. The zero-order valence-corrected chi connectivity index (χ0v) is 16.9. The molecule has 0 radical (unpaired) electrons. The van der Waals surface area contributed by atoms with Gasteiger partial charge in [0, 0.05) is 11.8 Å². The molecular weight excluding hydrogens is 433 g/mol. The number of hydrogen-bond donors (Lipinski definition) is 3. The van der Waals surface area contributed by atoms with Crippen molar-refractivity contribution in [2.24, 2.45) is 5.92 Å². The molecule has 2 aromatic heterocycles. The average molecular weight is 450 g/mol. The van der Waals surface area contributed by atoms with Gasteiger partial charge >= 0.3 is 12.2 Å². The van der Waals surface area contributed by atoms with Gasteiger partial charge in [-0.3, -0.25) is 4.79 Å². The van der Waals surface area contributed by atoms with Gasteiger partial charge in [0.25, 0.3) is 0 Å².